The molecular weight excluding hydrogens is 427 g/mol. The van der Waals surface area contributed by atoms with Crippen LogP contribution in [-0.4, -0.2) is 30.7 Å². The highest BCUT2D eigenvalue weighted by molar-refractivity contribution is 14.1. The van der Waals surface area contributed by atoms with Gasteiger partial charge in [0, 0.05) is 23.7 Å². The third kappa shape index (κ3) is 4.39. The minimum absolute atomic E-state index is 0.631. The first-order chi connectivity index (χ1) is 12.1. The first-order valence-corrected chi connectivity index (χ1v) is 9.92. The molecule has 0 fully saturated rings. The van der Waals surface area contributed by atoms with Crippen LogP contribution in [0.4, 0.5) is 17.5 Å². The Kier molecular flexibility index (Phi) is 5.72. The number of aryl methyl sites for hydroxylation is 2. The summed E-state index contributed by atoms with van der Waals surface area (Å²) in [6, 6.07) is 8.24. The minimum Gasteiger partial charge on any atom is -0.354 e. The predicted molar refractivity (Wildman–Crippen MR) is 112 cm³/mol. The van der Waals surface area contributed by atoms with Crippen molar-refractivity contribution in [3.05, 3.63) is 36.0 Å². The summed E-state index contributed by atoms with van der Waals surface area (Å²) in [5.74, 6) is 2.08. The number of halogens is 1. The van der Waals surface area contributed by atoms with E-state index in [2.05, 4.69) is 74.3 Å². The van der Waals surface area contributed by atoms with E-state index in [0.717, 1.165) is 39.9 Å². The number of aromatic nitrogens is 4. The van der Waals surface area contributed by atoms with Gasteiger partial charge in [-0.2, -0.15) is 15.1 Å². The molecule has 1 aromatic carbocycles. The van der Waals surface area contributed by atoms with E-state index in [4.69, 9.17) is 0 Å². The summed E-state index contributed by atoms with van der Waals surface area (Å²) in [6.07, 6.45) is 2.89. The summed E-state index contributed by atoms with van der Waals surface area (Å²) >= 11 is 2.42. The van der Waals surface area contributed by atoms with Gasteiger partial charge in [0.2, 0.25) is 5.95 Å². The highest BCUT2D eigenvalue weighted by atomic mass is 127. The standard InChI is InChI=1S/C18H23IN6/c1-12-5-4-6-14(9-12)22-16-15-11-21-25(3)17(15)24-18(23-16)20-8-7-13(2)10-19/h4-6,9,11,13H,7-8,10H2,1-3H3,(H2,20,22,23,24). The Labute approximate surface area is 161 Å². The maximum absolute atomic E-state index is 4.67. The van der Waals surface area contributed by atoms with E-state index < -0.39 is 0 Å². The minimum atomic E-state index is 0.631. The van der Waals surface area contributed by atoms with Crippen LogP contribution in [0.2, 0.25) is 0 Å². The molecule has 0 aliphatic rings. The Hall–Kier alpha value is -1.90. The molecule has 0 amide bonds. The van der Waals surface area contributed by atoms with E-state index in [9.17, 15) is 0 Å². The van der Waals surface area contributed by atoms with Gasteiger partial charge in [0.15, 0.2) is 5.65 Å². The molecule has 6 nitrogen and oxygen atoms in total. The molecule has 0 radical (unpaired) electrons. The lowest BCUT2D eigenvalue weighted by Gasteiger charge is -2.12. The van der Waals surface area contributed by atoms with E-state index >= 15 is 0 Å². The molecule has 1 atom stereocenters. The lowest BCUT2D eigenvalue weighted by molar-refractivity contribution is 0.624. The molecule has 1 unspecified atom stereocenters. The van der Waals surface area contributed by atoms with Crippen LogP contribution in [-0.2, 0) is 7.05 Å². The monoisotopic (exact) mass is 450 g/mol. The van der Waals surface area contributed by atoms with Crippen molar-refractivity contribution in [3.8, 4) is 0 Å². The van der Waals surface area contributed by atoms with Gasteiger partial charge in [0.25, 0.3) is 0 Å². The van der Waals surface area contributed by atoms with Gasteiger partial charge >= 0.3 is 0 Å². The van der Waals surface area contributed by atoms with Crippen molar-refractivity contribution < 1.29 is 0 Å². The average molecular weight is 450 g/mol. The molecule has 0 saturated heterocycles. The second-order valence-corrected chi connectivity index (χ2v) is 7.25. The van der Waals surface area contributed by atoms with E-state index in [1.54, 1.807) is 10.9 Å². The Morgan fingerprint density at radius 1 is 1.28 bits per heavy atom. The number of fused-ring (bicyclic) bond motifs is 1. The zero-order valence-electron chi connectivity index (χ0n) is 14.8. The number of nitrogens with one attached hydrogen (secondary N) is 2. The molecule has 0 saturated carbocycles. The first kappa shape index (κ1) is 17.9. The normalized spacial score (nSPS) is 12.3. The van der Waals surface area contributed by atoms with Crippen LogP contribution in [0, 0.1) is 12.8 Å². The Morgan fingerprint density at radius 2 is 2.12 bits per heavy atom. The Morgan fingerprint density at radius 3 is 2.88 bits per heavy atom. The molecule has 7 heteroatoms. The summed E-state index contributed by atoms with van der Waals surface area (Å²) in [7, 11) is 1.90. The second kappa shape index (κ2) is 7.99. The molecule has 0 spiro atoms. The largest absolute Gasteiger partial charge is 0.354 e. The average Bonchev–Trinajstić information content (AvgIpc) is 2.96. The van der Waals surface area contributed by atoms with Gasteiger partial charge in [0.05, 0.1) is 11.6 Å². The van der Waals surface area contributed by atoms with Gasteiger partial charge in [-0.25, -0.2) is 0 Å². The SMILES string of the molecule is Cc1cccc(Nc2nc(NCCC(C)CI)nc3c2cnn3C)c1. The van der Waals surface area contributed by atoms with E-state index in [-0.39, 0.29) is 0 Å². The zero-order valence-corrected chi connectivity index (χ0v) is 16.9. The molecule has 3 rings (SSSR count). The van der Waals surface area contributed by atoms with Gasteiger partial charge in [0.1, 0.15) is 5.82 Å². The fraction of sp³-hybridized carbons (Fsp3) is 0.389. The Bertz CT molecular complexity index is 860. The Balaban J connectivity index is 1.88. The number of hydrogen-bond donors (Lipinski definition) is 2. The van der Waals surface area contributed by atoms with Gasteiger partial charge in [-0.3, -0.25) is 4.68 Å². The van der Waals surface area contributed by atoms with Crippen LogP contribution >= 0.6 is 22.6 Å². The quantitative estimate of drug-likeness (QED) is 0.415. The molecule has 0 aliphatic carbocycles. The number of benzene rings is 1. The summed E-state index contributed by atoms with van der Waals surface area (Å²) in [6.45, 7) is 5.19. The van der Waals surface area contributed by atoms with Crippen molar-refractivity contribution in [2.24, 2.45) is 13.0 Å². The van der Waals surface area contributed by atoms with Crippen LogP contribution in [0.1, 0.15) is 18.9 Å². The molecule has 2 aromatic heterocycles. The summed E-state index contributed by atoms with van der Waals surface area (Å²) in [5, 5.41) is 12.0. The van der Waals surface area contributed by atoms with Crippen LogP contribution in [0.5, 0.6) is 0 Å². The van der Waals surface area contributed by atoms with Crippen LogP contribution in [0.3, 0.4) is 0 Å². The highest BCUT2D eigenvalue weighted by Gasteiger charge is 2.12. The van der Waals surface area contributed by atoms with Gasteiger partial charge < -0.3 is 10.6 Å². The van der Waals surface area contributed by atoms with Gasteiger partial charge in [-0.1, -0.05) is 41.6 Å². The lowest BCUT2D eigenvalue weighted by Crippen LogP contribution is -2.11. The molecule has 132 valence electrons. The topological polar surface area (TPSA) is 67.7 Å². The number of rotatable bonds is 7. The smallest absolute Gasteiger partial charge is 0.226 e. The van der Waals surface area contributed by atoms with E-state index in [1.165, 1.54) is 5.56 Å². The van der Waals surface area contributed by atoms with Crippen LogP contribution < -0.4 is 10.6 Å². The molecule has 0 aliphatic heterocycles. The fourth-order valence-electron chi connectivity index (χ4n) is 2.56. The molecule has 0 bridgehead atoms. The van der Waals surface area contributed by atoms with Crippen molar-refractivity contribution in [2.75, 3.05) is 21.6 Å². The number of hydrogen-bond acceptors (Lipinski definition) is 5. The van der Waals surface area contributed by atoms with Gasteiger partial charge in [-0.15, -0.1) is 0 Å². The van der Waals surface area contributed by atoms with Crippen molar-refractivity contribution in [2.45, 2.75) is 20.3 Å². The second-order valence-electron chi connectivity index (χ2n) is 6.37. The maximum atomic E-state index is 4.67. The maximum Gasteiger partial charge on any atom is 0.226 e. The molecule has 2 heterocycles. The summed E-state index contributed by atoms with van der Waals surface area (Å²) < 4.78 is 2.93. The van der Waals surface area contributed by atoms with Crippen molar-refractivity contribution in [1.82, 2.24) is 19.7 Å². The first-order valence-electron chi connectivity index (χ1n) is 8.40. The molecule has 2 N–H and O–H groups in total. The van der Waals surface area contributed by atoms with Gasteiger partial charge in [-0.05, 0) is 37.0 Å². The van der Waals surface area contributed by atoms with Crippen LogP contribution in [0.15, 0.2) is 30.5 Å². The van der Waals surface area contributed by atoms with Crippen LogP contribution in [0.25, 0.3) is 11.0 Å². The molecular formula is C18H23IN6. The fourth-order valence-corrected chi connectivity index (χ4v) is 3.00. The third-order valence-corrected chi connectivity index (χ3v) is 5.56. The van der Waals surface area contributed by atoms with Crippen molar-refractivity contribution in [1.29, 1.82) is 0 Å². The highest BCUT2D eigenvalue weighted by Crippen LogP contribution is 2.25. The van der Waals surface area contributed by atoms with Crippen molar-refractivity contribution in [3.63, 3.8) is 0 Å². The molecule has 25 heavy (non-hydrogen) atoms. The number of anilines is 3. The number of nitrogens with zero attached hydrogens (tertiary/aromatic N) is 4. The number of alkyl halides is 1. The third-order valence-electron chi connectivity index (χ3n) is 4.06. The van der Waals surface area contributed by atoms with E-state index in [1.807, 2.05) is 19.2 Å². The molecule has 3 aromatic rings. The summed E-state index contributed by atoms with van der Waals surface area (Å²) in [4.78, 5) is 9.29. The zero-order chi connectivity index (χ0) is 17.8. The van der Waals surface area contributed by atoms with E-state index in [0.29, 0.717) is 11.9 Å². The lowest BCUT2D eigenvalue weighted by atomic mass is 10.1. The van der Waals surface area contributed by atoms with Crippen molar-refractivity contribution >= 4 is 51.1 Å². The predicted octanol–water partition coefficient (Wildman–Crippen LogP) is 4.29. The summed E-state index contributed by atoms with van der Waals surface area (Å²) in [5.41, 5.74) is 3.02.